The average Bonchev–Trinajstić information content (AvgIpc) is 2.24. The smallest absolute Gasteiger partial charge is 0.275 e. The van der Waals surface area contributed by atoms with Crippen molar-refractivity contribution in [2.75, 3.05) is 0 Å². The number of benzene rings is 1. The highest BCUT2D eigenvalue weighted by molar-refractivity contribution is 6.68. The van der Waals surface area contributed by atoms with E-state index in [2.05, 4.69) is 0 Å². The second kappa shape index (κ2) is 4.66. The SMILES string of the molecule is O=C(Cl)c1c(F)c(F)c(F)c(CF)c1[N+](=O)[O-]. The van der Waals surface area contributed by atoms with Gasteiger partial charge in [0.25, 0.3) is 10.9 Å². The van der Waals surface area contributed by atoms with Crippen LogP contribution in [0.25, 0.3) is 0 Å². The van der Waals surface area contributed by atoms with Gasteiger partial charge in [-0.2, -0.15) is 0 Å². The molecular weight excluding hydrogens is 270 g/mol. The Morgan fingerprint density at radius 1 is 1.24 bits per heavy atom. The minimum atomic E-state index is -2.19. The zero-order valence-corrected chi connectivity index (χ0v) is 8.52. The van der Waals surface area contributed by atoms with Crippen molar-refractivity contribution < 1.29 is 27.3 Å². The summed E-state index contributed by atoms with van der Waals surface area (Å²) in [5, 5.41) is 8.77. The van der Waals surface area contributed by atoms with Crippen molar-refractivity contribution in [1.29, 1.82) is 0 Å². The monoisotopic (exact) mass is 271 g/mol. The highest BCUT2D eigenvalue weighted by atomic mass is 35.5. The Balaban J connectivity index is 3.86. The normalized spacial score (nSPS) is 10.4. The van der Waals surface area contributed by atoms with Crippen molar-refractivity contribution in [2.45, 2.75) is 6.67 Å². The maximum absolute atomic E-state index is 13.1. The number of nitro benzene ring substituents is 1. The molecule has 0 aliphatic carbocycles. The quantitative estimate of drug-likeness (QED) is 0.279. The summed E-state index contributed by atoms with van der Waals surface area (Å²) >= 11 is 4.82. The van der Waals surface area contributed by atoms with Crippen molar-refractivity contribution in [3.05, 3.63) is 38.7 Å². The highest BCUT2D eigenvalue weighted by Crippen LogP contribution is 2.33. The molecule has 0 spiro atoms. The van der Waals surface area contributed by atoms with Gasteiger partial charge in [-0.25, -0.2) is 17.6 Å². The number of nitro groups is 1. The Labute approximate surface area is 95.9 Å². The Hall–Kier alpha value is -1.70. The van der Waals surface area contributed by atoms with Crippen LogP contribution in [0.4, 0.5) is 23.2 Å². The van der Waals surface area contributed by atoms with Crippen LogP contribution in [0, 0.1) is 27.6 Å². The van der Waals surface area contributed by atoms with Crippen LogP contribution < -0.4 is 0 Å². The number of rotatable bonds is 3. The summed E-state index contributed by atoms with van der Waals surface area (Å²) in [6.07, 6.45) is 0. The fraction of sp³-hybridized carbons (Fsp3) is 0.125. The van der Waals surface area contributed by atoms with Gasteiger partial charge in [0.15, 0.2) is 23.0 Å². The Bertz CT molecular complexity index is 520. The molecule has 0 saturated carbocycles. The van der Waals surface area contributed by atoms with Gasteiger partial charge in [0, 0.05) is 0 Å². The summed E-state index contributed by atoms with van der Waals surface area (Å²) < 4.78 is 51.4. The molecule has 0 aliphatic heterocycles. The van der Waals surface area contributed by atoms with Crippen LogP contribution >= 0.6 is 11.6 Å². The predicted molar refractivity (Wildman–Crippen MR) is 48.0 cm³/mol. The maximum Gasteiger partial charge on any atom is 0.293 e. The van der Waals surface area contributed by atoms with E-state index < -0.39 is 51.1 Å². The number of alkyl halides is 1. The van der Waals surface area contributed by atoms with Crippen LogP contribution in [0.15, 0.2) is 0 Å². The van der Waals surface area contributed by atoms with Crippen LogP contribution in [0.5, 0.6) is 0 Å². The van der Waals surface area contributed by atoms with Crippen LogP contribution in [0.2, 0.25) is 0 Å². The number of hydrogen-bond donors (Lipinski definition) is 0. The Morgan fingerprint density at radius 2 is 1.76 bits per heavy atom. The van der Waals surface area contributed by atoms with Crippen molar-refractivity contribution in [2.24, 2.45) is 0 Å². The maximum atomic E-state index is 13.1. The first kappa shape index (κ1) is 13.4. The van der Waals surface area contributed by atoms with Crippen molar-refractivity contribution >= 4 is 22.5 Å². The summed E-state index contributed by atoms with van der Waals surface area (Å²) in [6, 6.07) is 0. The van der Waals surface area contributed by atoms with Gasteiger partial charge in [-0.3, -0.25) is 14.9 Å². The van der Waals surface area contributed by atoms with Gasteiger partial charge >= 0.3 is 0 Å². The molecule has 1 aromatic rings. The van der Waals surface area contributed by atoms with E-state index >= 15 is 0 Å². The van der Waals surface area contributed by atoms with Gasteiger partial charge < -0.3 is 0 Å². The lowest BCUT2D eigenvalue weighted by molar-refractivity contribution is -0.386. The third-order valence-corrected chi connectivity index (χ3v) is 2.09. The largest absolute Gasteiger partial charge is 0.293 e. The molecule has 92 valence electrons. The van der Waals surface area contributed by atoms with E-state index in [-0.39, 0.29) is 0 Å². The first-order valence-corrected chi connectivity index (χ1v) is 4.30. The molecule has 0 bridgehead atoms. The van der Waals surface area contributed by atoms with Gasteiger partial charge in [0.05, 0.1) is 4.92 Å². The molecule has 9 heteroatoms. The van der Waals surface area contributed by atoms with Crippen LogP contribution in [-0.4, -0.2) is 10.2 Å². The first-order chi connectivity index (χ1) is 7.82. The third-order valence-electron chi connectivity index (χ3n) is 1.91. The predicted octanol–water partition coefficient (Wildman–Crippen LogP) is 2.86. The summed E-state index contributed by atoms with van der Waals surface area (Å²) in [5.74, 6) is -6.36. The number of halogens is 5. The molecule has 0 N–H and O–H groups in total. The van der Waals surface area contributed by atoms with E-state index in [1.54, 1.807) is 0 Å². The van der Waals surface area contributed by atoms with Crippen molar-refractivity contribution in [3.63, 3.8) is 0 Å². The molecule has 0 unspecified atom stereocenters. The molecule has 1 aromatic carbocycles. The minimum absolute atomic E-state index is 1.36. The number of hydrogen-bond acceptors (Lipinski definition) is 3. The highest BCUT2D eigenvalue weighted by Gasteiger charge is 2.34. The number of carbonyl (C=O) groups excluding carboxylic acids is 1. The molecule has 0 saturated heterocycles. The summed E-state index contributed by atoms with van der Waals surface area (Å²) in [5.41, 5.74) is -4.37. The minimum Gasteiger partial charge on any atom is -0.275 e. The average molecular weight is 272 g/mol. The molecule has 0 atom stereocenters. The van der Waals surface area contributed by atoms with Gasteiger partial charge in [0.1, 0.15) is 12.2 Å². The molecule has 1 rings (SSSR count). The third kappa shape index (κ3) is 2.07. The molecule has 4 nitrogen and oxygen atoms in total. The van der Waals surface area contributed by atoms with Gasteiger partial charge in [-0.1, -0.05) is 0 Å². The van der Waals surface area contributed by atoms with Gasteiger partial charge in [-0.05, 0) is 11.6 Å². The van der Waals surface area contributed by atoms with Crippen LogP contribution in [-0.2, 0) is 6.67 Å². The molecule has 17 heavy (non-hydrogen) atoms. The number of carbonyl (C=O) groups is 1. The lowest BCUT2D eigenvalue weighted by Gasteiger charge is -2.06. The summed E-state index contributed by atoms with van der Waals surface area (Å²) in [4.78, 5) is 19.8. The van der Waals surface area contributed by atoms with E-state index in [0.717, 1.165) is 0 Å². The first-order valence-electron chi connectivity index (χ1n) is 3.92. The topological polar surface area (TPSA) is 60.2 Å². The zero-order valence-electron chi connectivity index (χ0n) is 7.77. The van der Waals surface area contributed by atoms with Crippen LogP contribution in [0.3, 0.4) is 0 Å². The molecule has 0 aliphatic rings. The van der Waals surface area contributed by atoms with E-state index in [1.165, 1.54) is 0 Å². The second-order valence-corrected chi connectivity index (χ2v) is 3.15. The summed E-state index contributed by atoms with van der Waals surface area (Å²) in [6.45, 7) is -1.78. The lowest BCUT2D eigenvalue weighted by atomic mass is 10.1. The van der Waals surface area contributed by atoms with Crippen molar-refractivity contribution in [1.82, 2.24) is 0 Å². The molecular formula is C8H2ClF4NO3. The van der Waals surface area contributed by atoms with E-state index in [4.69, 9.17) is 11.6 Å². The molecule has 0 amide bonds. The molecule has 0 heterocycles. The standard InChI is InChI=1S/C8H2ClF4NO3/c9-8(15)3-5(12)6(13)4(11)2(1-10)7(3)14(16)17/h1H2. The van der Waals surface area contributed by atoms with E-state index in [0.29, 0.717) is 0 Å². The van der Waals surface area contributed by atoms with E-state index in [9.17, 15) is 32.5 Å². The molecule has 0 radical (unpaired) electrons. The lowest BCUT2D eigenvalue weighted by Crippen LogP contribution is -2.11. The second-order valence-electron chi connectivity index (χ2n) is 2.81. The van der Waals surface area contributed by atoms with Crippen molar-refractivity contribution in [3.8, 4) is 0 Å². The molecule has 0 fully saturated rings. The van der Waals surface area contributed by atoms with Gasteiger partial charge in [-0.15, -0.1) is 0 Å². The zero-order chi connectivity index (χ0) is 13.3. The Morgan fingerprint density at radius 3 is 2.12 bits per heavy atom. The van der Waals surface area contributed by atoms with E-state index in [1.807, 2.05) is 0 Å². The molecule has 0 aromatic heterocycles. The number of nitrogens with zero attached hydrogens (tertiary/aromatic N) is 1. The Kier molecular flexibility index (Phi) is 3.66. The van der Waals surface area contributed by atoms with Crippen LogP contribution in [0.1, 0.15) is 15.9 Å². The fourth-order valence-electron chi connectivity index (χ4n) is 1.20. The van der Waals surface area contributed by atoms with Gasteiger partial charge in [0.2, 0.25) is 0 Å². The summed E-state index contributed by atoms with van der Waals surface area (Å²) in [7, 11) is 0. The fourth-order valence-corrected chi connectivity index (χ4v) is 1.37.